The number of urea groups is 1. The molecule has 0 spiro atoms. The molecule has 0 saturated carbocycles. The molecule has 0 radical (unpaired) electrons. The second-order valence-electron chi connectivity index (χ2n) is 5.57. The number of aliphatic carboxylic acids is 1. The summed E-state index contributed by atoms with van der Waals surface area (Å²) in [5.74, 6) is -0.891. The number of carbonyl (C=O) groups is 2. The number of amides is 2. The van der Waals surface area contributed by atoms with Crippen LogP contribution in [0.3, 0.4) is 0 Å². The number of rotatable bonds is 2. The van der Waals surface area contributed by atoms with Crippen molar-refractivity contribution in [1.29, 1.82) is 0 Å². The second-order valence-corrected chi connectivity index (χ2v) is 5.57. The zero-order chi connectivity index (χ0) is 13.8. The average molecular weight is 269 g/mol. The molecule has 2 N–H and O–H groups in total. The molecule has 6 nitrogen and oxygen atoms in total. The summed E-state index contributed by atoms with van der Waals surface area (Å²) in [5.41, 5.74) is 0. The number of carboxylic acids is 1. The fourth-order valence-electron chi connectivity index (χ4n) is 2.84. The second kappa shape index (κ2) is 6.23. The molecule has 2 amide bonds. The summed E-state index contributed by atoms with van der Waals surface area (Å²) in [6.07, 6.45) is 4.22. The van der Waals surface area contributed by atoms with Gasteiger partial charge in [-0.1, -0.05) is 0 Å². The Hall–Kier alpha value is -1.30. The van der Waals surface area contributed by atoms with E-state index in [1.165, 1.54) is 4.90 Å². The lowest BCUT2D eigenvalue weighted by Gasteiger charge is -2.36. The molecule has 0 aromatic carbocycles. The predicted octanol–water partition coefficient (Wildman–Crippen LogP) is 0.729. The van der Waals surface area contributed by atoms with E-state index >= 15 is 0 Å². The normalized spacial score (nSPS) is 26.2. The molecule has 1 unspecified atom stereocenters. The number of nitrogens with one attached hydrogen (secondary N) is 1. The molecule has 2 rings (SSSR count). The first-order valence-electron chi connectivity index (χ1n) is 7.06. The van der Waals surface area contributed by atoms with E-state index in [1.54, 1.807) is 0 Å². The Kier molecular flexibility index (Phi) is 4.63. The van der Waals surface area contributed by atoms with Gasteiger partial charge in [0.05, 0.1) is 0 Å². The Balaban J connectivity index is 1.89. The Morgan fingerprint density at radius 2 is 1.79 bits per heavy atom. The van der Waals surface area contributed by atoms with Gasteiger partial charge in [-0.2, -0.15) is 0 Å². The number of hydrogen-bond acceptors (Lipinski definition) is 3. The summed E-state index contributed by atoms with van der Waals surface area (Å²) in [6, 6.07) is -0.679. The molecule has 2 aliphatic heterocycles. The van der Waals surface area contributed by atoms with Gasteiger partial charge in [-0.15, -0.1) is 0 Å². The topological polar surface area (TPSA) is 72.9 Å². The molecule has 0 aliphatic carbocycles. The number of carboxylic acid groups (broad SMARTS) is 1. The van der Waals surface area contributed by atoms with Crippen molar-refractivity contribution in [1.82, 2.24) is 15.1 Å². The van der Waals surface area contributed by atoms with E-state index < -0.39 is 12.0 Å². The third-order valence-corrected chi connectivity index (χ3v) is 4.09. The maximum atomic E-state index is 12.2. The Morgan fingerprint density at radius 1 is 1.11 bits per heavy atom. The summed E-state index contributed by atoms with van der Waals surface area (Å²) >= 11 is 0. The number of nitrogens with zero attached hydrogens (tertiary/aromatic N) is 2. The fourth-order valence-corrected chi connectivity index (χ4v) is 2.84. The summed E-state index contributed by atoms with van der Waals surface area (Å²) in [5, 5.41) is 12.2. The van der Waals surface area contributed by atoms with Gasteiger partial charge in [-0.05, 0) is 52.2 Å². The molecule has 2 saturated heterocycles. The van der Waals surface area contributed by atoms with Crippen LogP contribution in [0, 0.1) is 0 Å². The first kappa shape index (κ1) is 14.1. The van der Waals surface area contributed by atoms with Crippen LogP contribution in [-0.4, -0.2) is 65.7 Å². The standard InChI is InChI=1S/C13H23N3O3/c1-15-8-5-10(6-9-15)14-13(19)16-7-3-2-4-11(16)12(17)18/h10-11H,2-9H2,1H3,(H,14,19)(H,17,18). The van der Waals surface area contributed by atoms with Crippen molar-refractivity contribution in [2.75, 3.05) is 26.7 Å². The third-order valence-electron chi connectivity index (χ3n) is 4.09. The quantitative estimate of drug-likeness (QED) is 0.775. The summed E-state index contributed by atoms with van der Waals surface area (Å²) in [7, 11) is 2.07. The van der Waals surface area contributed by atoms with Crippen LogP contribution in [-0.2, 0) is 4.79 Å². The lowest BCUT2D eigenvalue weighted by atomic mass is 10.0. The average Bonchev–Trinajstić information content (AvgIpc) is 2.41. The van der Waals surface area contributed by atoms with E-state index in [0.717, 1.165) is 38.8 Å². The van der Waals surface area contributed by atoms with E-state index in [1.807, 2.05) is 0 Å². The first-order valence-corrected chi connectivity index (χ1v) is 7.06. The van der Waals surface area contributed by atoms with Gasteiger partial charge in [-0.3, -0.25) is 0 Å². The van der Waals surface area contributed by atoms with Gasteiger partial charge in [-0.25, -0.2) is 9.59 Å². The molecule has 1 atom stereocenters. The van der Waals surface area contributed by atoms with Gasteiger partial charge < -0.3 is 20.2 Å². The number of likely N-dealkylation sites (tertiary alicyclic amines) is 2. The van der Waals surface area contributed by atoms with Crippen molar-refractivity contribution >= 4 is 12.0 Å². The van der Waals surface area contributed by atoms with Crippen LogP contribution >= 0.6 is 0 Å². The summed E-state index contributed by atoms with van der Waals surface area (Å²) < 4.78 is 0. The highest BCUT2D eigenvalue weighted by molar-refractivity contribution is 5.83. The molecule has 108 valence electrons. The highest BCUT2D eigenvalue weighted by Crippen LogP contribution is 2.18. The molecular formula is C13H23N3O3. The molecule has 0 aromatic rings. The highest BCUT2D eigenvalue weighted by Gasteiger charge is 2.33. The van der Waals surface area contributed by atoms with Crippen molar-refractivity contribution in [3.63, 3.8) is 0 Å². The lowest BCUT2D eigenvalue weighted by molar-refractivity contribution is -0.143. The molecular weight excluding hydrogens is 246 g/mol. The van der Waals surface area contributed by atoms with Crippen LogP contribution in [0.25, 0.3) is 0 Å². The zero-order valence-corrected chi connectivity index (χ0v) is 11.5. The van der Waals surface area contributed by atoms with Crippen molar-refractivity contribution in [2.45, 2.75) is 44.2 Å². The maximum absolute atomic E-state index is 12.2. The number of piperidine rings is 2. The van der Waals surface area contributed by atoms with Crippen LogP contribution in [0.15, 0.2) is 0 Å². The Labute approximate surface area is 113 Å². The van der Waals surface area contributed by atoms with Gasteiger partial charge in [0, 0.05) is 12.6 Å². The first-order chi connectivity index (χ1) is 9.08. The minimum Gasteiger partial charge on any atom is -0.480 e. The van der Waals surface area contributed by atoms with Gasteiger partial charge >= 0.3 is 12.0 Å². The van der Waals surface area contributed by atoms with Crippen LogP contribution in [0.2, 0.25) is 0 Å². The molecule has 2 aliphatic rings. The molecule has 2 fully saturated rings. The lowest BCUT2D eigenvalue weighted by Crippen LogP contribution is -2.55. The minimum atomic E-state index is -0.891. The monoisotopic (exact) mass is 269 g/mol. The van der Waals surface area contributed by atoms with Crippen LogP contribution < -0.4 is 5.32 Å². The van der Waals surface area contributed by atoms with Gasteiger partial charge in [0.25, 0.3) is 0 Å². The predicted molar refractivity (Wildman–Crippen MR) is 71.0 cm³/mol. The van der Waals surface area contributed by atoms with Gasteiger partial charge in [0.15, 0.2) is 0 Å². The number of hydrogen-bond donors (Lipinski definition) is 2. The summed E-state index contributed by atoms with van der Waals surface area (Å²) in [4.78, 5) is 27.1. The smallest absolute Gasteiger partial charge is 0.326 e. The van der Waals surface area contributed by atoms with E-state index in [2.05, 4.69) is 17.3 Å². The maximum Gasteiger partial charge on any atom is 0.326 e. The molecule has 2 heterocycles. The van der Waals surface area contributed by atoms with E-state index in [4.69, 9.17) is 5.11 Å². The van der Waals surface area contributed by atoms with Crippen molar-refractivity contribution < 1.29 is 14.7 Å². The van der Waals surface area contributed by atoms with Crippen LogP contribution in [0.1, 0.15) is 32.1 Å². The molecule has 0 bridgehead atoms. The highest BCUT2D eigenvalue weighted by atomic mass is 16.4. The molecule has 19 heavy (non-hydrogen) atoms. The Morgan fingerprint density at radius 3 is 2.42 bits per heavy atom. The fraction of sp³-hybridized carbons (Fsp3) is 0.846. The largest absolute Gasteiger partial charge is 0.480 e. The van der Waals surface area contributed by atoms with Gasteiger partial charge in [0.2, 0.25) is 0 Å². The zero-order valence-electron chi connectivity index (χ0n) is 11.5. The Bertz CT molecular complexity index is 340. The van der Waals surface area contributed by atoms with Gasteiger partial charge in [0.1, 0.15) is 6.04 Å². The minimum absolute atomic E-state index is 0.181. The molecule has 0 aromatic heterocycles. The third kappa shape index (κ3) is 3.59. The SMILES string of the molecule is CN1CCC(NC(=O)N2CCCCC2C(=O)O)CC1. The van der Waals surface area contributed by atoms with Crippen molar-refractivity contribution in [2.24, 2.45) is 0 Å². The summed E-state index contributed by atoms with van der Waals surface area (Å²) in [6.45, 7) is 2.51. The van der Waals surface area contributed by atoms with E-state index in [0.29, 0.717) is 13.0 Å². The molecule has 6 heteroatoms. The van der Waals surface area contributed by atoms with Crippen molar-refractivity contribution in [3.05, 3.63) is 0 Å². The van der Waals surface area contributed by atoms with Crippen LogP contribution in [0.5, 0.6) is 0 Å². The van der Waals surface area contributed by atoms with Crippen LogP contribution in [0.4, 0.5) is 4.79 Å². The van der Waals surface area contributed by atoms with Crippen molar-refractivity contribution in [3.8, 4) is 0 Å². The van der Waals surface area contributed by atoms with E-state index in [9.17, 15) is 9.59 Å². The number of carbonyl (C=O) groups excluding carboxylic acids is 1. The van der Waals surface area contributed by atoms with E-state index in [-0.39, 0.29) is 12.1 Å².